The minimum Gasteiger partial charge on any atom is -0.337 e. The molecule has 4 heteroatoms. The molecule has 0 aromatic heterocycles. The van der Waals surface area contributed by atoms with Gasteiger partial charge in [-0.25, -0.2) is 0 Å². The molecule has 0 aromatic carbocycles. The third-order valence-corrected chi connectivity index (χ3v) is 4.45. The molecule has 0 aromatic rings. The Morgan fingerprint density at radius 2 is 2.33 bits per heavy atom. The number of carbonyl (C=O) groups is 1. The van der Waals surface area contributed by atoms with Gasteiger partial charge >= 0.3 is 0 Å². The van der Waals surface area contributed by atoms with Gasteiger partial charge in [-0.1, -0.05) is 6.42 Å². The van der Waals surface area contributed by atoms with E-state index in [0.29, 0.717) is 11.9 Å². The van der Waals surface area contributed by atoms with Crippen LogP contribution in [0.3, 0.4) is 0 Å². The molecule has 1 amide bonds. The van der Waals surface area contributed by atoms with Crippen LogP contribution in [0.4, 0.5) is 0 Å². The van der Waals surface area contributed by atoms with E-state index in [1.165, 1.54) is 12.8 Å². The zero-order valence-corrected chi connectivity index (χ0v) is 10.2. The monoisotopic (exact) mass is 228 g/mol. The lowest BCUT2D eigenvalue weighted by Crippen LogP contribution is -2.53. The number of thioether (sulfide) groups is 1. The molecule has 2 rings (SSSR count). The van der Waals surface area contributed by atoms with Crippen LogP contribution in [0.1, 0.15) is 26.2 Å². The van der Waals surface area contributed by atoms with Crippen LogP contribution in [0.15, 0.2) is 0 Å². The molecule has 1 N–H and O–H groups in total. The van der Waals surface area contributed by atoms with Crippen LogP contribution in [0.2, 0.25) is 0 Å². The van der Waals surface area contributed by atoms with Gasteiger partial charge in [0.05, 0.1) is 6.04 Å². The van der Waals surface area contributed by atoms with Crippen molar-refractivity contribution in [1.82, 2.24) is 10.2 Å². The summed E-state index contributed by atoms with van der Waals surface area (Å²) in [6, 6.07) is 0.518. The summed E-state index contributed by atoms with van der Waals surface area (Å²) >= 11 is 1.96. The normalized spacial score (nSPS) is 32.7. The number of piperidine rings is 1. The maximum atomic E-state index is 12.2. The first-order valence-corrected chi connectivity index (χ1v) is 7.06. The molecule has 0 saturated carbocycles. The first kappa shape index (κ1) is 11.3. The second-order valence-electron chi connectivity index (χ2n) is 4.46. The van der Waals surface area contributed by atoms with Crippen LogP contribution in [-0.2, 0) is 4.79 Å². The summed E-state index contributed by atoms with van der Waals surface area (Å²) in [7, 11) is 0. The van der Waals surface area contributed by atoms with Crippen molar-refractivity contribution in [2.24, 2.45) is 0 Å². The lowest BCUT2D eigenvalue weighted by atomic mass is 10.0. The van der Waals surface area contributed by atoms with Crippen molar-refractivity contribution in [2.45, 2.75) is 38.3 Å². The SMILES string of the molecule is CC1CSCCN1C(=O)[C@H]1CCCCN1. The Kier molecular flexibility index (Phi) is 3.92. The molecule has 0 aliphatic carbocycles. The second-order valence-corrected chi connectivity index (χ2v) is 5.61. The molecule has 86 valence electrons. The van der Waals surface area contributed by atoms with Crippen molar-refractivity contribution in [3.63, 3.8) is 0 Å². The van der Waals surface area contributed by atoms with Gasteiger partial charge in [0, 0.05) is 24.1 Å². The van der Waals surface area contributed by atoms with Crippen LogP contribution in [0.25, 0.3) is 0 Å². The first-order valence-electron chi connectivity index (χ1n) is 5.90. The highest BCUT2D eigenvalue weighted by Crippen LogP contribution is 2.19. The highest BCUT2D eigenvalue weighted by molar-refractivity contribution is 7.99. The van der Waals surface area contributed by atoms with E-state index < -0.39 is 0 Å². The van der Waals surface area contributed by atoms with Crippen LogP contribution in [0, 0.1) is 0 Å². The molecule has 2 heterocycles. The van der Waals surface area contributed by atoms with Gasteiger partial charge in [0.15, 0.2) is 0 Å². The minimum atomic E-state index is 0.101. The molecule has 1 unspecified atom stereocenters. The number of carbonyl (C=O) groups excluding carboxylic acids is 1. The smallest absolute Gasteiger partial charge is 0.239 e. The van der Waals surface area contributed by atoms with Crippen molar-refractivity contribution >= 4 is 17.7 Å². The zero-order chi connectivity index (χ0) is 10.7. The maximum Gasteiger partial charge on any atom is 0.239 e. The minimum absolute atomic E-state index is 0.101. The van der Waals surface area contributed by atoms with E-state index in [-0.39, 0.29) is 6.04 Å². The Labute approximate surface area is 96.0 Å². The summed E-state index contributed by atoms with van der Waals surface area (Å²) in [4.78, 5) is 14.3. The van der Waals surface area contributed by atoms with Gasteiger partial charge in [0.2, 0.25) is 5.91 Å². The van der Waals surface area contributed by atoms with Crippen LogP contribution < -0.4 is 5.32 Å². The number of hydrogen-bond acceptors (Lipinski definition) is 3. The van der Waals surface area contributed by atoms with E-state index >= 15 is 0 Å². The number of nitrogens with one attached hydrogen (secondary N) is 1. The van der Waals surface area contributed by atoms with Crippen molar-refractivity contribution in [2.75, 3.05) is 24.6 Å². The van der Waals surface area contributed by atoms with Gasteiger partial charge in [-0.3, -0.25) is 4.79 Å². The molecular formula is C11H20N2OS. The van der Waals surface area contributed by atoms with Crippen LogP contribution in [-0.4, -0.2) is 47.5 Å². The van der Waals surface area contributed by atoms with Crippen molar-refractivity contribution in [1.29, 1.82) is 0 Å². The molecule has 2 saturated heterocycles. The Morgan fingerprint density at radius 3 is 3.00 bits per heavy atom. The summed E-state index contributed by atoms with van der Waals surface area (Å²) in [6.07, 6.45) is 3.44. The average Bonchev–Trinajstić information content (AvgIpc) is 2.30. The Morgan fingerprint density at radius 1 is 1.47 bits per heavy atom. The molecule has 0 spiro atoms. The predicted octanol–water partition coefficient (Wildman–Crippen LogP) is 1.09. The van der Waals surface area contributed by atoms with Gasteiger partial charge in [-0.2, -0.15) is 11.8 Å². The summed E-state index contributed by atoms with van der Waals surface area (Å²) in [5.41, 5.74) is 0. The van der Waals surface area contributed by atoms with Crippen molar-refractivity contribution in [3.8, 4) is 0 Å². The van der Waals surface area contributed by atoms with E-state index in [4.69, 9.17) is 0 Å². The van der Waals surface area contributed by atoms with Gasteiger partial charge in [0.25, 0.3) is 0 Å². The largest absolute Gasteiger partial charge is 0.337 e. The Bertz CT molecular complexity index is 229. The Balaban J connectivity index is 1.92. The molecule has 0 radical (unpaired) electrons. The highest BCUT2D eigenvalue weighted by atomic mass is 32.2. The summed E-state index contributed by atoms with van der Waals surface area (Å²) < 4.78 is 0. The van der Waals surface area contributed by atoms with Crippen LogP contribution in [0.5, 0.6) is 0 Å². The summed E-state index contributed by atoms with van der Waals surface area (Å²) in [5.74, 6) is 2.53. The number of nitrogens with zero attached hydrogens (tertiary/aromatic N) is 1. The van der Waals surface area contributed by atoms with Gasteiger partial charge in [-0.05, 0) is 26.3 Å². The fourth-order valence-electron chi connectivity index (χ4n) is 2.32. The zero-order valence-electron chi connectivity index (χ0n) is 9.37. The van der Waals surface area contributed by atoms with Gasteiger partial charge in [-0.15, -0.1) is 0 Å². The average molecular weight is 228 g/mol. The molecular weight excluding hydrogens is 208 g/mol. The molecule has 2 atom stereocenters. The number of rotatable bonds is 1. The molecule has 2 aliphatic heterocycles. The van der Waals surface area contributed by atoms with Gasteiger partial charge < -0.3 is 10.2 Å². The topological polar surface area (TPSA) is 32.3 Å². The molecule has 2 fully saturated rings. The lowest BCUT2D eigenvalue weighted by molar-refractivity contribution is -0.135. The quantitative estimate of drug-likeness (QED) is 0.729. The van der Waals surface area contributed by atoms with Crippen molar-refractivity contribution < 1.29 is 4.79 Å². The lowest BCUT2D eigenvalue weighted by Gasteiger charge is -2.36. The molecule has 15 heavy (non-hydrogen) atoms. The van der Waals surface area contributed by atoms with Gasteiger partial charge in [0.1, 0.15) is 0 Å². The fraction of sp³-hybridized carbons (Fsp3) is 0.909. The summed E-state index contributed by atoms with van der Waals surface area (Å²) in [5, 5.41) is 3.34. The third-order valence-electron chi connectivity index (χ3n) is 3.26. The predicted molar refractivity (Wildman–Crippen MR) is 64.1 cm³/mol. The maximum absolute atomic E-state index is 12.2. The van der Waals surface area contributed by atoms with E-state index in [1.807, 2.05) is 11.8 Å². The fourth-order valence-corrected chi connectivity index (χ4v) is 3.33. The number of amides is 1. The third kappa shape index (κ3) is 2.67. The molecule has 3 nitrogen and oxygen atoms in total. The van der Waals surface area contributed by atoms with E-state index in [9.17, 15) is 4.79 Å². The summed E-state index contributed by atoms with van der Waals surface area (Å²) in [6.45, 7) is 4.10. The number of hydrogen-bond donors (Lipinski definition) is 1. The van der Waals surface area contributed by atoms with Crippen molar-refractivity contribution in [3.05, 3.63) is 0 Å². The first-order chi connectivity index (χ1) is 7.29. The van der Waals surface area contributed by atoms with Crippen LogP contribution >= 0.6 is 11.8 Å². The molecule has 0 bridgehead atoms. The molecule has 2 aliphatic rings. The highest BCUT2D eigenvalue weighted by Gasteiger charge is 2.29. The standard InChI is InChI=1S/C11H20N2OS/c1-9-8-15-7-6-13(9)11(14)10-4-2-3-5-12-10/h9-10,12H,2-8H2,1H3/t9?,10-/m1/s1. The van der Waals surface area contributed by atoms with E-state index in [0.717, 1.165) is 31.0 Å². The van der Waals surface area contributed by atoms with E-state index in [1.54, 1.807) is 0 Å². The second kappa shape index (κ2) is 5.21. The Hall–Kier alpha value is -0.220. The van der Waals surface area contributed by atoms with E-state index in [2.05, 4.69) is 17.1 Å².